The zero-order chi connectivity index (χ0) is 38.2. The molecular formula is C42H46N4O7Si. The number of anilines is 3. The van der Waals surface area contributed by atoms with Gasteiger partial charge in [0.2, 0.25) is 5.91 Å². The van der Waals surface area contributed by atoms with E-state index in [-0.39, 0.29) is 49.2 Å². The number of carbonyl (C=O) groups excluding carboxylic acids is 4. The number of aliphatic hydroxyl groups is 1. The van der Waals surface area contributed by atoms with Crippen LogP contribution in [0, 0.1) is 5.92 Å². The second-order valence-electron chi connectivity index (χ2n) is 15.1. The molecule has 4 amide bonds. The molecule has 3 aliphatic heterocycles. The maximum absolute atomic E-state index is 15.1. The molecule has 2 saturated heterocycles. The van der Waals surface area contributed by atoms with Gasteiger partial charge >= 0.3 is 0 Å². The van der Waals surface area contributed by atoms with Crippen molar-refractivity contribution >= 4 is 49.0 Å². The molecule has 4 N–H and O–H groups in total. The quantitative estimate of drug-likeness (QED) is 0.148. The number of hydrogen-bond donors (Lipinski definition) is 4. The third-order valence-corrected chi connectivity index (χ3v) is 13.6. The van der Waals surface area contributed by atoms with Gasteiger partial charge in [-0.25, -0.2) is 0 Å². The molecule has 7 rings (SSSR count). The van der Waals surface area contributed by atoms with Crippen LogP contribution in [0.25, 0.3) is 0 Å². The van der Waals surface area contributed by atoms with E-state index in [1.807, 2.05) is 50.3 Å². The Morgan fingerprint density at radius 1 is 0.870 bits per heavy atom. The number of benzene rings is 4. The van der Waals surface area contributed by atoms with Gasteiger partial charge in [0, 0.05) is 46.1 Å². The summed E-state index contributed by atoms with van der Waals surface area (Å²) < 4.78 is 6.94. The molecule has 0 radical (unpaired) electrons. The van der Waals surface area contributed by atoms with Crippen molar-refractivity contribution in [3.8, 4) is 0 Å². The minimum Gasteiger partial charge on any atom is -0.432 e. The summed E-state index contributed by atoms with van der Waals surface area (Å²) in [6.45, 7) is 6.08. The van der Waals surface area contributed by atoms with E-state index in [2.05, 4.69) is 10.6 Å². The first-order valence-electron chi connectivity index (χ1n) is 18.5. The van der Waals surface area contributed by atoms with Crippen LogP contribution >= 0.6 is 0 Å². The highest BCUT2D eigenvalue weighted by atomic mass is 28.4. The summed E-state index contributed by atoms with van der Waals surface area (Å²) in [4.78, 5) is 70.2. The number of ether oxygens (including phenoxy) is 1. The van der Waals surface area contributed by atoms with Crippen LogP contribution in [0.3, 0.4) is 0 Å². The molecule has 4 aromatic carbocycles. The molecule has 12 heteroatoms. The maximum Gasteiger partial charge on any atom is 0.264 e. The van der Waals surface area contributed by atoms with E-state index in [9.17, 15) is 24.3 Å². The lowest BCUT2D eigenvalue weighted by Crippen LogP contribution is -2.46. The van der Waals surface area contributed by atoms with Gasteiger partial charge in [-0.2, -0.15) is 0 Å². The normalized spacial score (nSPS) is 23.5. The zero-order valence-corrected chi connectivity index (χ0v) is 31.7. The van der Waals surface area contributed by atoms with Crippen molar-refractivity contribution in [2.24, 2.45) is 5.92 Å². The monoisotopic (exact) mass is 746 g/mol. The third kappa shape index (κ3) is 6.97. The first kappa shape index (κ1) is 37.2. The molecular weight excluding hydrogens is 701 g/mol. The minimum atomic E-state index is -3.08. The predicted molar refractivity (Wildman–Crippen MR) is 208 cm³/mol. The number of likely N-dealkylation sites (tertiary alicyclic amines) is 1. The van der Waals surface area contributed by atoms with E-state index in [4.69, 9.17) is 4.74 Å². The molecule has 11 nitrogen and oxygen atoms in total. The van der Waals surface area contributed by atoms with Crippen molar-refractivity contribution in [1.82, 2.24) is 4.90 Å². The highest BCUT2D eigenvalue weighted by molar-refractivity contribution is 6.71. The summed E-state index contributed by atoms with van der Waals surface area (Å²) in [6, 6.07) is 30.1. The van der Waals surface area contributed by atoms with Crippen molar-refractivity contribution in [1.29, 1.82) is 0 Å². The van der Waals surface area contributed by atoms with Crippen LogP contribution in [0.5, 0.6) is 0 Å². The Hall–Kier alpha value is -5.14. The van der Waals surface area contributed by atoms with Crippen LogP contribution in [-0.2, 0) is 26.5 Å². The Labute approximate surface area is 316 Å². The van der Waals surface area contributed by atoms with Crippen LogP contribution in [0.1, 0.15) is 58.0 Å². The Morgan fingerprint density at radius 3 is 2.11 bits per heavy atom. The van der Waals surface area contributed by atoms with Crippen LogP contribution in [0.15, 0.2) is 103 Å². The number of rotatable bonds is 10. The molecule has 0 bridgehead atoms. The lowest BCUT2D eigenvalue weighted by molar-refractivity contribution is -0.150. The average molecular weight is 747 g/mol. The fraction of sp³-hybridized carbons (Fsp3) is 0.333. The van der Waals surface area contributed by atoms with Gasteiger partial charge in [-0.05, 0) is 86.1 Å². The maximum atomic E-state index is 15.1. The van der Waals surface area contributed by atoms with Gasteiger partial charge in [-0.3, -0.25) is 19.2 Å². The number of nitrogens with zero attached hydrogens (tertiary/aromatic N) is 2. The number of amides is 4. The average Bonchev–Trinajstić information content (AvgIpc) is 3.82. The third-order valence-electron chi connectivity index (χ3n) is 11.1. The molecule has 0 saturated carbocycles. The van der Waals surface area contributed by atoms with E-state index in [0.29, 0.717) is 46.7 Å². The van der Waals surface area contributed by atoms with Crippen LogP contribution in [-0.4, -0.2) is 72.0 Å². The lowest BCUT2D eigenvalue weighted by Gasteiger charge is -2.33. The largest absolute Gasteiger partial charge is 0.432 e. The fourth-order valence-corrected chi connectivity index (χ4v) is 11.2. The summed E-state index contributed by atoms with van der Waals surface area (Å²) in [5.74, 6) is -1.61. The van der Waals surface area contributed by atoms with Crippen LogP contribution in [0.4, 0.5) is 17.1 Å². The van der Waals surface area contributed by atoms with E-state index >= 15 is 4.79 Å². The Morgan fingerprint density at radius 2 is 1.50 bits per heavy atom. The molecule has 3 heterocycles. The Kier molecular flexibility index (Phi) is 10.3. The van der Waals surface area contributed by atoms with E-state index in [0.717, 1.165) is 12.0 Å². The summed E-state index contributed by atoms with van der Waals surface area (Å²) in [7, 11) is -3.08. The first-order valence-corrected chi connectivity index (χ1v) is 21.5. The van der Waals surface area contributed by atoms with Gasteiger partial charge in [0.15, 0.2) is 13.9 Å². The van der Waals surface area contributed by atoms with Crippen molar-refractivity contribution in [3.63, 3.8) is 0 Å². The number of carbonyl (C=O) groups is 4. The van der Waals surface area contributed by atoms with E-state index in [1.54, 1.807) is 82.6 Å². The van der Waals surface area contributed by atoms with Crippen molar-refractivity contribution in [2.75, 3.05) is 28.7 Å². The van der Waals surface area contributed by atoms with Gasteiger partial charge in [-0.1, -0.05) is 55.5 Å². The van der Waals surface area contributed by atoms with Gasteiger partial charge in [-0.15, -0.1) is 0 Å². The molecule has 4 aromatic rings. The summed E-state index contributed by atoms with van der Waals surface area (Å²) in [6.07, 6.45) is 0.699. The number of nitrogens with one attached hydrogen (secondary N) is 2. The van der Waals surface area contributed by atoms with Crippen LogP contribution in [0.2, 0.25) is 18.6 Å². The zero-order valence-electron chi connectivity index (χ0n) is 30.7. The molecule has 2 fully saturated rings. The molecule has 280 valence electrons. The molecule has 0 aliphatic carbocycles. The van der Waals surface area contributed by atoms with Gasteiger partial charge in [0.25, 0.3) is 17.7 Å². The SMILES string of the molecule is C[C@@H]1[C@@H]([Si](C)(C)O)[C@H](CC(=O)N2CCC[C@H]2CO)O[C@@]12C(=O)N(Cc1cccc(NC(=O)c3ccccc3)c1)c1ccc(NC(=O)c3ccccc3)cc12. The minimum absolute atomic E-state index is 0.0412. The second-order valence-corrected chi connectivity index (χ2v) is 19.1. The fourth-order valence-electron chi connectivity index (χ4n) is 8.67. The Balaban J connectivity index is 1.25. The second kappa shape index (κ2) is 14.9. The van der Waals surface area contributed by atoms with Gasteiger partial charge < -0.3 is 35.1 Å². The number of fused-ring (bicyclic) bond motifs is 2. The van der Waals surface area contributed by atoms with Gasteiger partial charge in [0.05, 0.1) is 37.4 Å². The Bertz CT molecular complexity index is 2060. The number of aliphatic hydroxyl groups excluding tert-OH is 1. The molecule has 54 heavy (non-hydrogen) atoms. The van der Waals surface area contributed by atoms with Gasteiger partial charge in [0.1, 0.15) is 0 Å². The van der Waals surface area contributed by atoms with E-state index in [1.165, 1.54) is 0 Å². The van der Waals surface area contributed by atoms with E-state index < -0.39 is 31.5 Å². The number of hydrogen-bond acceptors (Lipinski definition) is 7. The molecule has 1 spiro atoms. The summed E-state index contributed by atoms with van der Waals surface area (Å²) in [5, 5.41) is 15.9. The topological polar surface area (TPSA) is 149 Å². The van der Waals surface area contributed by atoms with Crippen molar-refractivity contribution in [3.05, 3.63) is 125 Å². The summed E-state index contributed by atoms with van der Waals surface area (Å²) >= 11 is 0. The van der Waals surface area contributed by atoms with Crippen LogP contribution < -0.4 is 15.5 Å². The highest BCUT2D eigenvalue weighted by Crippen LogP contribution is 2.60. The molecule has 0 aromatic heterocycles. The smallest absolute Gasteiger partial charge is 0.264 e. The standard InChI is InChI=1S/C42H46N4O7Si/c1-27-38(54(2,3)52)36(24-37(48)45-21-11-18-33(45)26-47)53-42(27)34-23-32(44-40(50)30-15-8-5-9-16-30)19-20-35(34)46(41(42)51)25-28-12-10-17-31(22-28)43-39(49)29-13-6-4-7-14-29/h4-10,12-17,19-20,22-23,27,33,36,38,47,52H,11,18,21,24-26H2,1-3H3,(H,43,49)(H,44,50)/t27-,33+,36+,38-,42+/m1/s1. The van der Waals surface area contributed by atoms with Crippen molar-refractivity contribution in [2.45, 2.75) is 69.1 Å². The lowest BCUT2D eigenvalue weighted by atomic mass is 9.82. The highest BCUT2D eigenvalue weighted by Gasteiger charge is 2.66. The molecule has 0 unspecified atom stereocenters. The molecule has 5 atom stereocenters. The van der Waals surface area contributed by atoms with Crippen molar-refractivity contribution < 1.29 is 33.8 Å². The molecule has 3 aliphatic rings. The predicted octanol–water partition coefficient (Wildman–Crippen LogP) is 5.91. The summed E-state index contributed by atoms with van der Waals surface area (Å²) in [5.41, 5.74) is 1.88. The first-order chi connectivity index (χ1) is 25.9.